The third-order valence-electron chi connectivity index (χ3n) is 4.12. The number of carbonyl (C=O) groups is 1. The minimum absolute atomic E-state index is 0.0188. The maximum Gasteiger partial charge on any atom is 0.251 e. The summed E-state index contributed by atoms with van der Waals surface area (Å²) in [6, 6.07) is 5.95. The summed E-state index contributed by atoms with van der Waals surface area (Å²) >= 11 is 0. The number of anilines is 1. The molecule has 1 aliphatic heterocycles. The lowest BCUT2D eigenvalue weighted by Crippen LogP contribution is -2.43. The van der Waals surface area contributed by atoms with Gasteiger partial charge in [0, 0.05) is 30.9 Å². The van der Waals surface area contributed by atoms with Crippen molar-refractivity contribution >= 4 is 11.6 Å². The zero-order valence-electron chi connectivity index (χ0n) is 13.4. The van der Waals surface area contributed by atoms with Crippen LogP contribution < -0.4 is 10.6 Å². The van der Waals surface area contributed by atoms with E-state index >= 15 is 0 Å². The molecule has 4 heteroatoms. The predicted molar refractivity (Wildman–Crippen MR) is 87.9 cm³/mol. The number of amides is 1. The Balaban J connectivity index is 1.89. The second-order valence-electron chi connectivity index (χ2n) is 6.02. The van der Waals surface area contributed by atoms with Crippen LogP contribution in [0, 0.1) is 6.92 Å². The average Bonchev–Trinajstić information content (AvgIpc) is 2.48. The van der Waals surface area contributed by atoms with Crippen molar-refractivity contribution in [1.82, 2.24) is 10.2 Å². The number of likely N-dealkylation sites (tertiary alicyclic amines) is 1. The highest BCUT2D eigenvalue weighted by atomic mass is 16.1. The molecule has 0 saturated carbocycles. The first kappa shape index (κ1) is 15.8. The Morgan fingerprint density at radius 2 is 2.00 bits per heavy atom. The molecule has 1 saturated heterocycles. The second kappa shape index (κ2) is 7.46. The molecule has 1 aromatic rings. The summed E-state index contributed by atoms with van der Waals surface area (Å²) in [7, 11) is 1.89. The third-order valence-corrected chi connectivity index (χ3v) is 4.12. The molecule has 4 nitrogen and oxygen atoms in total. The van der Waals surface area contributed by atoms with Gasteiger partial charge in [-0.15, -0.1) is 0 Å². The van der Waals surface area contributed by atoms with Gasteiger partial charge in [-0.2, -0.15) is 0 Å². The summed E-state index contributed by atoms with van der Waals surface area (Å²) in [4.78, 5) is 14.7. The molecular weight excluding hydrogens is 262 g/mol. The van der Waals surface area contributed by atoms with Crippen LogP contribution in [-0.2, 0) is 0 Å². The Morgan fingerprint density at radius 1 is 1.29 bits per heavy atom. The smallest absolute Gasteiger partial charge is 0.251 e. The summed E-state index contributed by atoms with van der Waals surface area (Å²) in [6.45, 7) is 7.37. The molecule has 0 bridgehead atoms. The maximum absolute atomic E-state index is 12.3. The summed E-state index contributed by atoms with van der Waals surface area (Å²) in [5, 5.41) is 6.23. The average molecular weight is 289 g/mol. The molecule has 1 fully saturated rings. The number of carbonyl (C=O) groups excluding carboxylic acids is 1. The van der Waals surface area contributed by atoms with E-state index in [1.54, 1.807) is 0 Å². The highest BCUT2D eigenvalue weighted by Gasteiger charge is 2.16. The molecule has 0 aliphatic carbocycles. The lowest BCUT2D eigenvalue weighted by molar-refractivity contribution is 0.0925. The van der Waals surface area contributed by atoms with Crippen LogP contribution in [0.4, 0.5) is 5.69 Å². The van der Waals surface area contributed by atoms with Crippen LogP contribution >= 0.6 is 0 Å². The van der Waals surface area contributed by atoms with Crippen molar-refractivity contribution in [1.29, 1.82) is 0 Å². The van der Waals surface area contributed by atoms with Crippen LogP contribution in [0.5, 0.6) is 0 Å². The van der Waals surface area contributed by atoms with Gasteiger partial charge >= 0.3 is 0 Å². The standard InChI is InChI=1S/C17H27N3O/c1-13-11-15(7-8-16(13)18-3)17(21)19-14(2)12-20-9-5-4-6-10-20/h7-8,11,14,18H,4-6,9-10,12H2,1-3H3,(H,19,21). The number of rotatable bonds is 5. The Labute approximate surface area is 127 Å². The topological polar surface area (TPSA) is 44.4 Å². The van der Waals surface area contributed by atoms with Gasteiger partial charge in [0.05, 0.1) is 0 Å². The highest BCUT2D eigenvalue weighted by Crippen LogP contribution is 2.16. The molecule has 1 aromatic carbocycles. The van der Waals surface area contributed by atoms with E-state index in [1.165, 1.54) is 19.3 Å². The summed E-state index contributed by atoms with van der Waals surface area (Å²) in [5.41, 5.74) is 2.89. The Morgan fingerprint density at radius 3 is 2.62 bits per heavy atom. The van der Waals surface area contributed by atoms with Crippen molar-refractivity contribution in [3.8, 4) is 0 Å². The Kier molecular flexibility index (Phi) is 5.62. The molecule has 21 heavy (non-hydrogen) atoms. The molecule has 1 heterocycles. The number of nitrogens with zero attached hydrogens (tertiary/aromatic N) is 1. The lowest BCUT2D eigenvalue weighted by Gasteiger charge is -2.29. The van der Waals surface area contributed by atoms with Crippen molar-refractivity contribution in [3.63, 3.8) is 0 Å². The van der Waals surface area contributed by atoms with Crippen molar-refractivity contribution in [2.24, 2.45) is 0 Å². The van der Waals surface area contributed by atoms with Gasteiger partial charge in [-0.25, -0.2) is 0 Å². The first-order valence-corrected chi connectivity index (χ1v) is 7.92. The molecular formula is C17H27N3O. The van der Waals surface area contributed by atoms with E-state index in [2.05, 4.69) is 22.5 Å². The van der Waals surface area contributed by atoms with Crippen molar-refractivity contribution in [2.75, 3.05) is 32.0 Å². The minimum atomic E-state index is 0.0188. The van der Waals surface area contributed by atoms with Gasteiger partial charge in [0.2, 0.25) is 0 Å². The van der Waals surface area contributed by atoms with Gasteiger partial charge < -0.3 is 15.5 Å². The molecule has 2 rings (SSSR count). The molecule has 2 N–H and O–H groups in total. The molecule has 1 amide bonds. The minimum Gasteiger partial charge on any atom is -0.388 e. The van der Waals surface area contributed by atoms with Crippen LogP contribution in [0.3, 0.4) is 0 Å². The Bertz CT molecular complexity index is 481. The first-order valence-electron chi connectivity index (χ1n) is 7.92. The predicted octanol–water partition coefficient (Wildman–Crippen LogP) is 2.64. The zero-order valence-corrected chi connectivity index (χ0v) is 13.4. The summed E-state index contributed by atoms with van der Waals surface area (Å²) in [5.74, 6) is 0.0188. The molecule has 1 aliphatic rings. The summed E-state index contributed by atoms with van der Waals surface area (Å²) < 4.78 is 0. The van der Waals surface area contributed by atoms with Crippen LogP contribution in [0.2, 0.25) is 0 Å². The molecule has 0 spiro atoms. The van der Waals surface area contributed by atoms with Gasteiger partial charge in [0.15, 0.2) is 0 Å². The van der Waals surface area contributed by atoms with Gasteiger partial charge in [-0.05, 0) is 63.5 Å². The van der Waals surface area contributed by atoms with Crippen LogP contribution in [-0.4, -0.2) is 43.5 Å². The van der Waals surface area contributed by atoms with Gasteiger partial charge in [-0.3, -0.25) is 4.79 Å². The van der Waals surface area contributed by atoms with Crippen molar-refractivity contribution < 1.29 is 4.79 Å². The molecule has 0 radical (unpaired) electrons. The van der Waals surface area contributed by atoms with Crippen molar-refractivity contribution in [3.05, 3.63) is 29.3 Å². The second-order valence-corrected chi connectivity index (χ2v) is 6.02. The van der Waals surface area contributed by atoms with Gasteiger partial charge in [0.25, 0.3) is 5.91 Å². The van der Waals surface area contributed by atoms with Crippen LogP contribution in [0.15, 0.2) is 18.2 Å². The fourth-order valence-corrected chi connectivity index (χ4v) is 2.97. The van der Waals surface area contributed by atoms with Crippen LogP contribution in [0.25, 0.3) is 0 Å². The number of hydrogen-bond donors (Lipinski definition) is 2. The normalized spacial score (nSPS) is 17.3. The number of aryl methyl sites for hydroxylation is 1. The summed E-state index contributed by atoms with van der Waals surface area (Å²) in [6.07, 6.45) is 3.91. The van der Waals surface area contributed by atoms with Gasteiger partial charge in [-0.1, -0.05) is 6.42 Å². The van der Waals surface area contributed by atoms with Crippen molar-refractivity contribution in [2.45, 2.75) is 39.2 Å². The van der Waals surface area contributed by atoms with E-state index in [9.17, 15) is 4.79 Å². The fourth-order valence-electron chi connectivity index (χ4n) is 2.97. The SMILES string of the molecule is CNc1ccc(C(=O)NC(C)CN2CCCCC2)cc1C. The fraction of sp³-hybridized carbons (Fsp3) is 0.588. The lowest BCUT2D eigenvalue weighted by atomic mass is 10.1. The zero-order chi connectivity index (χ0) is 15.2. The number of benzene rings is 1. The van der Waals surface area contributed by atoms with Crippen LogP contribution in [0.1, 0.15) is 42.1 Å². The number of nitrogens with one attached hydrogen (secondary N) is 2. The van der Waals surface area contributed by atoms with E-state index in [1.807, 2.05) is 32.2 Å². The highest BCUT2D eigenvalue weighted by molar-refractivity contribution is 5.95. The molecule has 1 unspecified atom stereocenters. The van der Waals surface area contributed by atoms with E-state index < -0.39 is 0 Å². The number of hydrogen-bond acceptors (Lipinski definition) is 3. The number of piperidine rings is 1. The largest absolute Gasteiger partial charge is 0.388 e. The maximum atomic E-state index is 12.3. The molecule has 116 valence electrons. The monoisotopic (exact) mass is 289 g/mol. The van der Waals surface area contributed by atoms with E-state index in [0.717, 1.165) is 36.4 Å². The van der Waals surface area contributed by atoms with E-state index in [-0.39, 0.29) is 11.9 Å². The first-order chi connectivity index (χ1) is 10.1. The van der Waals surface area contributed by atoms with E-state index in [0.29, 0.717) is 0 Å². The molecule has 0 aromatic heterocycles. The van der Waals surface area contributed by atoms with Gasteiger partial charge in [0.1, 0.15) is 0 Å². The quantitative estimate of drug-likeness (QED) is 0.876. The Hall–Kier alpha value is -1.55. The molecule has 1 atom stereocenters. The van der Waals surface area contributed by atoms with E-state index in [4.69, 9.17) is 0 Å². The third kappa shape index (κ3) is 4.46.